The van der Waals surface area contributed by atoms with Crippen LogP contribution in [-0.4, -0.2) is 0 Å². The van der Waals surface area contributed by atoms with Crippen molar-refractivity contribution < 1.29 is 4.42 Å². The number of fused-ring (bicyclic) bond motifs is 9. The number of furan rings is 1. The number of benzene rings is 8. The lowest BCUT2D eigenvalue weighted by atomic mass is 9.97. The molecule has 0 aliphatic heterocycles. The van der Waals surface area contributed by atoms with Crippen molar-refractivity contribution in [1.82, 2.24) is 0 Å². The number of rotatable bonds is 4. The van der Waals surface area contributed by atoms with Crippen molar-refractivity contribution in [3.05, 3.63) is 164 Å². The van der Waals surface area contributed by atoms with Crippen LogP contribution >= 0.6 is 11.3 Å². The number of hydrogen-bond acceptors (Lipinski definition) is 3. The highest BCUT2D eigenvalue weighted by molar-refractivity contribution is 7.25. The van der Waals surface area contributed by atoms with Crippen LogP contribution in [-0.2, 0) is 0 Å². The van der Waals surface area contributed by atoms with Crippen molar-refractivity contribution in [1.29, 1.82) is 0 Å². The predicted molar refractivity (Wildman–Crippen MR) is 202 cm³/mol. The molecule has 0 amide bonds. The molecule has 0 atom stereocenters. The minimum Gasteiger partial charge on any atom is -0.454 e. The van der Waals surface area contributed by atoms with Gasteiger partial charge in [0.15, 0.2) is 5.58 Å². The molecule has 220 valence electrons. The summed E-state index contributed by atoms with van der Waals surface area (Å²) in [5, 5.41) is 9.72. The van der Waals surface area contributed by atoms with Gasteiger partial charge in [0, 0.05) is 42.0 Å². The van der Waals surface area contributed by atoms with Crippen LogP contribution in [0.3, 0.4) is 0 Å². The Morgan fingerprint density at radius 2 is 1.13 bits per heavy atom. The zero-order valence-corrected chi connectivity index (χ0v) is 26.2. The van der Waals surface area contributed by atoms with E-state index in [4.69, 9.17) is 4.42 Å². The van der Waals surface area contributed by atoms with Gasteiger partial charge in [0.05, 0.1) is 11.4 Å². The zero-order valence-electron chi connectivity index (χ0n) is 25.4. The third-order valence-electron chi connectivity index (χ3n) is 9.43. The molecule has 3 heteroatoms. The van der Waals surface area contributed by atoms with E-state index in [-0.39, 0.29) is 0 Å². The van der Waals surface area contributed by atoms with Gasteiger partial charge < -0.3 is 9.32 Å². The molecule has 2 heterocycles. The van der Waals surface area contributed by atoms with Gasteiger partial charge in [-0.1, -0.05) is 121 Å². The molecule has 0 saturated carbocycles. The number of nitrogens with zero attached hydrogens (tertiary/aromatic N) is 1. The fourth-order valence-electron chi connectivity index (χ4n) is 7.36. The Balaban J connectivity index is 1.29. The van der Waals surface area contributed by atoms with E-state index < -0.39 is 0 Å². The van der Waals surface area contributed by atoms with E-state index in [0.717, 1.165) is 39.0 Å². The molecular formula is C44H27NOS. The van der Waals surface area contributed by atoms with Crippen molar-refractivity contribution in [2.45, 2.75) is 0 Å². The summed E-state index contributed by atoms with van der Waals surface area (Å²) in [6.07, 6.45) is 0. The first-order valence-corrected chi connectivity index (χ1v) is 16.7. The minimum atomic E-state index is 0.877. The van der Waals surface area contributed by atoms with E-state index in [0.29, 0.717) is 0 Å². The molecule has 0 bridgehead atoms. The summed E-state index contributed by atoms with van der Waals surface area (Å²) in [5.41, 5.74) is 7.40. The monoisotopic (exact) mass is 617 g/mol. The quantitative estimate of drug-likeness (QED) is 0.183. The first-order valence-electron chi connectivity index (χ1n) is 15.9. The minimum absolute atomic E-state index is 0.877. The molecule has 0 unspecified atom stereocenters. The molecule has 0 radical (unpaired) electrons. The first kappa shape index (κ1) is 26.3. The maximum Gasteiger partial charge on any atom is 0.159 e. The van der Waals surface area contributed by atoms with Crippen LogP contribution in [0.1, 0.15) is 0 Å². The van der Waals surface area contributed by atoms with Crippen molar-refractivity contribution >= 4 is 92.1 Å². The summed E-state index contributed by atoms with van der Waals surface area (Å²) in [5.74, 6) is 0. The summed E-state index contributed by atoms with van der Waals surface area (Å²) >= 11 is 1.86. The van der Waals surface area contributed by atoms with E-state index in [9.17, 15) is 0 Å². The molecule has 0 fully saturated rings. The largest absolute Gasteiger partial charge is 0.454 e. The van der Waals surface area contributed by atoms with Gasteiger partial charge >= 0.3 is 0 Å². The van der Waals surface area contributed by atoms with E-state index in [1.54, 1.807) is 0 Å². The molecule has 2 nitrogen and oxygen atoms in total. The second-order valence-corrected chi connectivity index (χ2v) is 13.2. The standard InChI is InChI=1S/C44H27NOS/c1-2-15-31-29(12-1)27-39(34-17-4-3-16-33(31)34)45(38-22-10-21-36-35-18-5-7-23-40(35)46-44(36)38)30-14-9-13-28(26-30)32-20-11-25-42-43(32)37-19-6-8-24-41(37)47-42/h1-27H. The molecule has 8 aromatic carbocycles. The van der Waals surface area contributed by atoms with Crippen LogP contribution in [0.5, 0.6) is 0 Å². The summed E-state index contributed by atoms with van der Waals surface area (Å²) in [4.78, 5) is 2.40. The average molecular weight is 618 g/mol. The third-order valence-corrected chi connectivity index (χ3v) is 10.6. The highest BCUT2D eigenvalue weighted by Gasteiger charge is 2.22. The van der Waals surface area contributed by atoms with E-state index >= 15 is 0 Å². The first-order chi connectivity index (χ1) is 23.3. The van der Waals surface area contributed by atoms with Crippen molar-refractivity contribution in [2.75, 3.05) is 4.90 Å². The van der Waals surface area contributed by atoms with Crippen LogP contribution in [0.25, 0.3) is 74.8 Å². The molecule has 10 aromatic rings. The molecule has 0 N–H and O–H groups in total. The lowest BCUT2D eigenvalue weighted by Crippen LogP contribution is -2.11. The number of hydrogen-bond donors (Lipinski definition) is 0. The van der Waals surface area contributed by atoms with Crippen LogP contribution in [0.15, 0.2) is 168 Å². The third kappa shape index (κ3) is 4.04. The molecule has 0 spiro atoms. The zero-order chi connectivity index (χ0) is 30.9. The predicted octanol–water partition coefficient (Wildman–Crippen LogP) is 13.4. The van der Waals surface area contributed by atoms with E-state index in [2.05, 4.69) is 163 Å². The molecular weight excluding hydrogens is 591 g/mol. The van der Waals surface area contributed by atoms with Gasteiger partial charge in [-0.2, -0.15) is 0 Å². The van der Waals surface area contributed by atoms with E-state index in [1.165, 1.54) is 52.8 Å². The SMILES string of the molecule is c1cc(-c2cccc3sc4ccccc4c23)cc(N(c2cc3ccccc3c3ccccc23)c2cccc3c2oc2ccccc23)c1. The van der Waals surface area contributed by atoms with Gasteiger partial charge in [-0.15, -0.1) is 11.3 Å². The Labute approximate surface area is 275 Å². The molecule has 2 aromatic heterocycles. The molecule has 0 saturated heterocycles. The van der Waals surface area contributed by atoms with Crippen LogP contribution in [0.4, 0.5) is 17.1 Å². The summed E-state index contributed by atoms with van der Waals surface area (Å²) in [6, 6.07) is 59.0. The lowest BCUT2D eigenvalue weighted by molar-refractivity contribution is 0.669. The summed E-state index contributed by atoms with van der Waals surface area (Å²) in [7, 11) is 0. The molecule has 0 aliphatic carbocycles. The number of thiophene rings is 1. The van der Waals surface area contributed by atoms with Crippen molar-refractivity contribution in [3.63, 3.8) is 0 Å². The van der Waals surface area contributed by atoms with Crippen LogP contribution in [0.2, 0.25) is 0 Å². The van der Waals surface area contributed by atoms with Gasteiger partial charge in [-0.3, -0.25) is 0 Å². The summed E-state index contributed by atoms with van der Waals surface area (Å²) in [6.45, 7) is 0. The van der Waals surface area contributed by atoms with Crippen LogP contribution in [0, 0.1) is 0 Å². The van der Waals surface area contributed by atoms with Gasteiger partial charge in [-0.25, -0.2) is 0 Å². The molecule has 10 rings (SSSR count). The highest BCUT2D eigenvalue weighted by atomic mass is 32.1. The molecule has 47 heavy (non-hydrogen) atoms. The Hall–Kier alpha value is -5.90. The van der Waals surface area contributed by atoms with Gasteiger partial charge in [0.25, 0.3) is 0 Å². The van der Waals surface area contributed by atoms with Crippen molar-refractivity contribution in [3.8, 4) is 11.1 Å². The Kier molecular flexibility index (Phi) is 5.78. The second-order valence-electron chi connectivity index (χ2n) is 12.1. The average Bonchev–Trinajstić information content (AvgIpc) is 3.71. The fourth-order valence-corrected chi connectivity index (χ4v) is 8.50. The topological polar surface area (TPSA) is 16.4 Å². The second kappa shape index (κ2) is 10.3. The smallest absolute Gasteiger partial charge is 0.159 e. The van der Waals surface area contributed by atoms with Crippen LogP contribution < -0.4 is 4.90 Å². The highest BCUT2D eigenvalue weighted by Crippen LogP contribution is 2.47. The summed E-state index contributed by atoms with van der Waals surface area (Å²) < 4.78 is 9.29. The van der Waals surface area contributed by atoms with Gasteiger partial charge in [0.1, 0.15) is 5.58 Å². The Morgan fingerprint density at radius 1 is 0.447 bits per heavy atom. The normalized spacial score (nSPS) is 11.8. The maximum atomic E-state index is 6.68. The van der Waals surface area contributed by atoms with E-state index in [1.807, 2.05) is 17.4 Å². The van der Waals surface area contributed by atoms with Gasteiger partial charge in [0.2, 0.25) is 0 Å². The lowest BCUT2D eigenvalue weighted by Gasteiger charge is -2.28. The number of anilines is 3. The van der Waals surface area contributed by atoms with Crippen molar-refractivity contribution in [2.24, 2.45) is 0 Å². The Morgan fingerprint density at radius 3 is 2.04 bits per heavy atom. The van der Waals surface area contributed by atoms with Gasteiger partial charge in [-0.05, 0) is 69.8 Å². The fraction of sp³-hybridized carbons (Fsp3) is 0. The number of para-hydroxylation sites is 2. The Bertz CT molecular complexity index is 2820. The molecule has 0 aliphatic rings. The maximum absolute atomic E-state index is 6.68.